The molecule has 1 aromatic heterocycles. The largest absolute Gasteiger partial charge is 0.471 e. The number of Topliss-reactive ketones (excluding diaryl/α,β-unsaturated/α-hetero) is 1. The number of carbonyl (C=O) groups excluding carboxylic acids is 1. The zero-order valence-corrected chi connectivity index (χ0v) is 15.8. The fourth-order valence-corrected chi connectivity index (χ4v) is 3.80. The van der Waals surface area contributed by atoms with Gasteiger partial charge < -0.3 is 9.72 Å². The van der Waals surface area contributed by atoms with Crippen molar-refractivity contribution in [1.82, 2.24) is 4.98 Å². The van der Waals surface area contributed by atoms with E-state index in [1.165, 1.54) is 0 Å². The number of rotatable bonds is 2. The summed E-state index contributed by atoms with van der Waals surface area (Å²) in [5.74, 6) is 0.0140. The van der Waals surface area contributed by atoms with Crippen LogP contribution in [-0.4, -0.2) is 10.8 Å². The predicted molar refractivity (Wildman–Crippen MR) is 105 cm³/mol. The lowest BCUT2D eigenvalue weighted by atomic mass is 9.87. The number of ketones is 1. The molecule has 0 saturated carbocycles. The number of carbonyl (C=O) groups is 1. The minimum absolute atomic E-state index is 0.0564. The highest BCUT2D eigenvalue weighted by Crippen LogP contribution is 2.43. The lowest BCUT2D eigenvalue weighted by Gasteiger charge is -2.25. The standard InChI is InChI=1S/C23H20N2O2/c1-13-8-14(2)10-17(9-13)23(4)22(26)18(12-24)21(27-23)19-11-16-7-5-6-15(3)20(16)25-19/h5-11,25H,1-4H3. The molecular formula is C23H20N2O2. The van der Waals surface area contributed by atoms with E-state index in [9.17, 15) is 10.1 Å². The Morgan fingerprint density at radius 2 is 1.78 bits per heavy atom. The van der Waals surface area contributed by atoms with Crippen LogP contribution in [0.4, 0.5) is 0 Å². The number of nitriles is 1. The van der Waals surface area contributed by atoms with E-state index in [0.29, 0.717) is 11.5 Å². The normalized spacial score (nSPS) is 19.4. The van der Waals surface area contributed by atoms with Crippen molar-refractivity contribution in [1.29, 1.82) is 5.26 Å². The first-order valence-electron chi connectivity index (χ1n) is 8.89. The minimum atomic E-state index is -1.20. The number of para-hydroxylation sites is 1. The Morgan fingerprint density at radius 3 is 2.41 bits per heavy atom. The Kier molecular flexibility index (Phi) is 3.71. The van der Waals surface area contributed by atoms with Crippen LogP contribution in [0.5, 0.6) is 0 Å². The van der Waals surface area contributed by atoms with Crippen molar-refractivity contribution in [3.63, 3.8) is 0 Å². The van der Waals surface area contributed by atoms with Crippen molar-refractivity contribution in [3.8, 4) is 6.07 Å². The molecule has 1 aliphatic rings. The Morgan fingerprint density at radius 1 is 1.07 bits per heavy atom. The molecule has 0 fully saturated rings. The van der Waals surface area contributed by atoms with Gasteiger partial charge in [-0.15, -0.1) is 0 Å². The fraction of sp³-hybridized carbons (Fsp3) is 0.217. The van der Waals surface area contributed by atoms with Crippen LogP contribution >= 0.6 is 0 Å². The molecule has 1 N–H and O–H groups in total. The van der Waals surface area contributed by atoms with E-state index in [4.69, 9.17) is 4.74 Å². The number of ether oxygens (including phenoxy) is 1. The molecule has 0 spiro atoms. The molecule has 0 aliphatic carbocycles. The number of hydrogen-bond acceptors (Lipinski definition) is 3. The number of aromatic amines is 1. The molecule has 0 bridgehead atoms. The summed E-state index contributed by atoms with van der Waals surface area (Å²) >= 11 is 0. The smallest absolute Gasteiger partial charge is 0.225 e. The van der Waals surface area contributed by atoms with E-state index in [1.807, 2.05) is 63.2 Å². The maximum absolute atomic E-state index is 13.1. The minimum Gasteiger partial charge on any atom is -0.471 e. The molecule has 134 valence electrons. The molecule has 4 rings (SSSR count). The summed E-state index contributed by atoms with van der Waals surface area (Å²) in [6.45, 7) is 7.73. The van der Waals surface area contributed by atoms with Crippen LogP contribution in [0.2, 0.25) is 0 Å². The van der Waals surface area contributed by atoms with Gasteiger partial charge in [-0.05, 0) is 39.3 Å². The summed E-state index contributed by atoms with van der Waals surface area (Å²) in [4.78, 5) is 16.4. The van der Waals surface area contributed by atoms with Gasteiger partial charge in [0.25, 0.3) is 0 Å². The molecule has 2 aromatic carbocycles. The molecule has 4 nitrogen and oxygen atoms in total. The number of aromatic nitrogens is 1. The monoisotopic (exact) mass is 356 g/mol. The molecule has 3 aromatic rings. The number of benzene rings is 2. The van der Waals surface area contributed by atoms with Gasteiger partial charge in [-0.2, -0.15) is 5.26 Å². The first kappa shape index (κ1) is 17.1. The second-order valence-electron chi connectivity index (χ2n) is 7.38. The van der Waals surface area contributed by atoms with Crippen molar-refractivity contribution in [2.24, 2.45) is 0 Å². The van der Waals surface area contributed by atoms with Gasteiger partial charge in [0, 0.05) is 16.5 Å². The van der Waals surface area contributed by atoms with Crippen molar-refractivity contribution < 1.29 is 9.53 Å². The van der Waals surface area contributed by atoms with Gasteiger partial charge in [0.05, 0.1) is 5.69 Å². The number of aryl methyl sites for hydroxylation is 3. The molecule has 4 heteroatoms. The topological polar surface area (TPSA) is 65.9 Å². The third-order valence-electron chi connectivity index (χ3n) is 5.19. The van der Waals surface area contributed by atoms with Crippen LogP contribution in [0.3, 0.4) is 0 Å². The molecule has 27 heavy (non-hydrogen) atoms. The van der Waals surface area contributed by atoms with Crippen LogP contribution in [0.25, 0.3) is 16.7 Å². The van der Waals surface area contributed by atoms with Gasteiger partial charge in [0.1, 0.15) is 11.6 Å². The summed E-state index contributed by atoms with van der Waals surface area (Å²) in [6.07, 6.45) is 0. The Bertz CT molecular complexity index is 1160. The van der Waals surface area contributed by atoms with E-state index in [-0.39, 0.29) is 11.4 Å². The van der Waals surface area contributed by atoms with Crippen molar-refractivity contribution in [2.75, 3.05) is 0 Å². The predicted octanol–water partition coefficient (Wildman–Crippen LogP) is 4.84. The Hall–Kier alpha value is -3.32. The van der Waals surface area contributed by atoms with Gasteiger partial charge in [-0.25, -0.2) is 0 Å². The summed E-state index contributed by atoms with van der Waals surface area (Å²) < 4.78 is 6.19. The molecular weight excluding hydrogens is 336 g/mol. The molecule has 2 heterocycles. The van der Waals surface area contributed by atoms with Gasteiger partial charge in [0.15, 0.2) is 11.4 Å². The summed E-state index contributed by atoms with van der Waals surface area (Å²) in [6, 6.07) is 15.9. The van der Waals surface area contributed by atoms with E-state index >= 15 is 0 Å². The summed E-state index contributed by atoms with van der Waals surface area (Å²) in [5, 5.41) is 10.7. The number of nitrogens with zero attached hydrogens (tertiary/aromatic N) is 1. The van der Waals surface area contributed by atoms with Crippen molar-refractivity contribution in [3.05, 3.63) is 76.0 Å². The maximum atomic E-state index is 13.1. The number of hydrogen-bond donors (Lipinski definition) is 1. The van der Waals surface area contributed by atoms with Crippen molar-refractivity contribution >= 4 is 22.4 Å². The molecule has 0 saturated heterocycles. The third-order valence-corrected chi connectivity index (χ3v) is 5.19. The van der Waals surface area contributed by atoms with E-state index in [0.717, 1.165) is 33.2 Å². The molecule has 1 aliphatic heterocycles. The molecule has 0 amide bonds. The van der Waals surface area contributed by atoms with Crippen LogP contribution in [-0.2, 0) is 15.1 Å². The average molecular weight is 356 g/mol. The number of H-pyrrole nitrogens is 1. The average Bonchev–Trinajstić information content (AvgIpc) is 3.15. The number of nitrogens with one attached hydrogen (secondary N) is 1. The molecule has 1 atom stereocenters. The molecule has 0 radical (unpaired) electrons. The maximum Gasteiger partial charge on any atom is 0.225 e. The highest BCUT2D eigenvalue weighted by Gasteiger charge is 2.48. The molecule has 1 unspecified atom stereocenters. The van der Waals surface area contributed by atoms with Crippen LogP contribution in [0, 0.1) is 32.1 Å². The zero-order chi connectivity index (χ0) is 19.3. The van der Waals surface area contributed by atoms with Crippen LogP contribution in [0.1, 0.15) is 34.9 Å². The number of fused-ring (bicyclic) bond motifs is 1. The van der Waals surface area contributed by atoms with E-state index < -0.39 is 5.60 Å². The van der Waals surface area contributed by atoms with Gasteiger partial charge in [0.2, 0.25) is 5.78 Å². The fourth-order valence-electron chi connectivity index (χ4n) is 3.80. The van der Waals surface area contributed by atoms with Crippen LogP contribution < -0.4 is 0 Å². The van der Waals surface area contributed by atoms with Crippen molar-refractivity contribution in [2.45, 2.75) is 33.3 Å². The van der Waals surface area contributed by atoms with E-state index in [2.05, 4.69) is 11.1 Å². The quantitative estimate of drug-likeness (QED) is 0.714. The van der Waals surface area contributed by atoms with Gasteiger partial charge >= 0.3 is 0 Å². The summed E-state index contributed by atoms with van der Waals surface area (Å²) in [7, 11) is 0. The van der Waals surface area contributed by atoms with Gasteiger partial charge in [-0.1, -0.05) is 47.5 Å². The summed E-state index contributed by atoms with van der Waals surface area (Å²) in [5.41, 5.74) is 4.45. The van der Waals surface area contributed by atoms with E-state index in [1.54, 1.807) is 6.92 Å². The Labute approximate surface area is 158 Å². The Balaban J connectivity index is 1.86. The zero-order valence-electron chi connectivity index (χ0n) is 15.8. The lowest BCUT2D eigenvalue weighted by molar-refractivity contribution is -0.128. The van der Waals surface area contributed by atoms with Crippen LogP contribution in [0.15, 0.2) is 48.0 Å². The highest BCUT2D eigenvalue weighted by molar-refractivity contribution is 6.13. The second kappa shape index (κ2) is 5.85. The lowest BCUT2D eigenvalue weighted by Crippen LogP contribution is -2.31. The highest BCUT2D eigenvalue weighted by atomic mass is 16.5. The third kappa shape index (κ3) is 2.55. The SMILES string of the molecule is Cc1cc(C)cc(C2(C)OC(c3cc4cccc(C)c4[nH]3)=C(C#N)C2=O)c1. The first-order valence-corrected chi connectivity index (χ1v) is 8.89. The first-order chi connectivity index (χ1) is 12.8. The second-order valence-corrected chi connectivity index (χ2v) is 7.38. The van der Waals surface area contributed by atoms with Gasteiger partial charge in [-0.3, -0.25) is 4.79 Å².